The van der Waals surface area contributed by atoms with Gasteiger partial charge in [-0.15, -0.1) is 0 Å². The predicted octanol–water partition coefficient (Wildman–Crippen LogP) is 4.86. The quantitative estimate of drug-likeness (QED) is 0.221. The van der Waals surface area contributed by atoms with Gasteiger partial charge in [0.25, 0.3) is 15.9 Å². The molecule has 0 aliphatic rings. The van der Waals surface area contributed by atoms with Crippen LogP contribution in [0.1, 0.15) is 38.3 Å². The van der Waals surface area contributed by atoms with Crippen molar-refractivity contribution in [2.75, 3.05) is 0 Å². The highest BCUT2D eigenvalue weighted by Gasteiger charge is 2.28. The van der Waals surface area contributed by atoms with Crippen molar-refractivity contribution >= 4 is 27.5 Å². The average Bonchev–Trinajstić information content (AvgIpc) is 2.82. The normalized spacial score (nSPS) is 12.8. The van der Waals surface area contributed by atoms with Crippen LogP contribution >= 0.6 is 11.6 Å². The van der Waals surface area contributed by atoms with E-state index in [1.807, 2.05) is 69.3 Å². The predicted molar refractivity (Wildman–Crippen MR) is 143 cm³/mol. The number of nitrogens with zero attached hydrogens (tertiary/aromatic N) is 1. The van der Waals surface area contributed by atoms with Gasteiger partial charge >= 0.3 is 0 Å². The summed E-state index contributed by atoms with van der Waals surface area (Å²) in [6.45, 7) is 5.62. The van der Waals surface area contributed by atoms with Crippen molar-refractivity contribution in [2.45, 2.75) is 51.0 Å². The molecule has 192 valence electrons. The zero-order chi connectivity index (χ0) is 26.3. The van der Waals surface area contributed by atoms with E-state index in [-0.39, 0.29) is 12.2 Å². The summed E-state index contributed by atoms with van der Waals surface area (Å²) in [7, 11) is -4.03. The molecule has 0 aliphatic heterocycles. The molecule has 0 heterocycles. The lowest BCUT2D eigenvalue weighted by Crippen LogP contribution is -2.47. The van der Waals surface area contributed by atoms with E-state index < -0.39 is 27.6 Å². The standard InChI is InChI=1S/C27H32ClN3O4S/c1-27(2,3)35-30-25(16-20-12-14-22(15-13-20)23-10-7-11-24(28)17-23)18-26(32)31(29)36(33,34)19-21-8-5-4-6-9-21/h4-15,17,25,30H,16,18-19,29H2,1-3H3. The Hall–Kier alpha value is -2.75. The summed E-state index contributed by atoms with van der Waals surface area (Å²) < 4.78 is 25.8. The number of carbonyl (C=O) groups excluding carboxylic acids is 1. The van der Waals surface area contributed by atoms with Gasteiger partial charge in [-0.05, 0) is 61.6 Å². The minimum Gasteiger partial charge on any atom is -0.296 e. The molecule has 0 radical (unpaired) electrons. The van der Waals surface area contributed by atoms with E-state index >= 15 is 0 Å². The Labute approximate surface area is 218 Å². The van der Waals surface area contributed by atoms with Crippen LogP contribution in [0.2, 0.25) is 5.02 Å². The summed E-state index contributed by atoms with van der Waals surface area (Å²) in [4.78, 5) is 18.6. The molecule has 7 nitrogen and oxygen atoms in total. The zero-order valence-electron chi connectivity index (χ0n) is 20.6. The van der Waals surface area contributed by atoms with Gasteiger partial charge in [-0.3, -0.25) is 9.63 Å². The summed E-state index contributed by atoms with van der Waals surface area (Å²) in [6.07, 6.45) is 0.251. The highest BCUT2D eigenvalue weighted by Crippen LogP contribution is 2.23. The van der Waals surface area contributed by atoms with Crippen molar-refractivity contribution < 1.29 is 18.0 Å². The third kappa shape index (κ3) is 8.43. The Bertz CT molecular complexity index is 1260. The summed E-state index contributed by atoms with van der Waals surface area (Å²) in [5, 5.41) is 0.659. The molecule has 3 aromatic carbocycles. The third-order valence-corrected chi connectivity index (χ3v) is 7.02. The highest BCUT2D eigenvalue weighted by atomic mass is 35.5. The van der Waals surface area contributed by atoms with Crippen molar-refractivity contribution in [3.05, 3.63) is 95.0 Å². The van der Waals surface area contributed by atoms with Crippen LogP contribution in [0.4, 0.5) is 0 Å². The summed E-state index contributed by atoms with van der Waals surface area (Å²) in [6, 6.07) is 23.5. The lowest BCUT2D eigenvalue weighted by atomic mass is 9.99. The monoisotopic (exact) mass is 529 g/mol. The maximum atomic E-state index is 12.9. The molecule has 3 aromatic rings. The zero-order valence-corrected chi connectivity index (χ0v) is 22.2. The van der Waals surface area contributed by atoms with E-state index in [1.54, 1.807) is 30.3 Å². The molecule has 0 aromatic heterocycles. The number of halogens is 1. The first-order chi connectivity index (χ1) is 16.9. The second-order valence-corrected chi connectivity index (χ2v) is 11.9. The molecule has 1 atom stereocenters. The molecule has 0 fully saturated rings. The number of carbonyl (C=O) groups is 1. The maximum Gasteiger partial charge on any atom is 0.255 e. The smallest absolute Gasteiger partial charge is 0.255 e. The molecular formula is C27H32ClN3O4S. The number of hydrazine groups is 1. The molecule has 36 heavy (non-hydrogen) atoms. The van der Waals surface area contributed by atoms with Crippen LogP contribution in [0.25, 0.3) is 11.1 Å². The lowest BCUT2D eigenvalue weighted by Gasteiger charge is -2.26. The van der Waals surface area contributed by atoms with Crippen LogP contribution in [0.3, 0.4) is 0 Å². The van der Waals surface area contributed by atoms with Gasteiger partial charge < -0.3 is 0 Å². The molecule has 3 N–H and O–H groups in total. The SMILES string of the molecule is CC(C)(C)ONC(CC(=O)N(N)S(=O)(=O)Cc1ccccc1)Cc1ccc(-c2cccc(Cl)c2)cc1. The fraction of sp³-hybridized carbons (Fsp3) is 0.296. The van der Waals surface area contributed by atoms with Gasteiger partial charge in [0.05, 0.1) is 11.4 Å². The summed E-state index contributed by atoms with van der Waals surface area (Å²) in [5.74, 6) is 4.69. The Balaban J connectivity index is 1.72. The van der Waals surface area contributed by atoms with Gasteiger partial charge in [-0.2, -0.15) is 9.89 Å². The van der Waals surface area contributed by atoms with Crippen molar-refractivity contribution in [2.24, 2.45) is 5.84 Å². The van der Waals surface area contributed by atoms with Gasteiger partial charge in [0.15, 0.2) is 0 Å². The molecule has 0 saturated heterocycles. The molecule has 0 bridgehead atoms. The lowest BCUT2D eigenvalue weighted by molar-refractivity contribution is -0.131. The second kappa shape index (κ2) is 12.0. The first kappa shape index (κ1) is 27.8. The maximum absolute atomic E-state index is 12.9. The van der Waals surface area contributed by atoms with E-state index in [9.17, 15) is 13.2 Å². The van der Waals surface area contributed by atoms with Gasteiger partial charge in [-0.25, -0.2) is 14.3 Å². The fourth-order valence-corrected chi connectivity index (χ4v) is 4.84. The minimum atomic E-state index is -4.03. The largest absolute Gasteiger partial charge is 0.296 e. The first-order valence-electron chi connectivity index (χ1n) is 11.6. The van der Waals surface area contributed by atoms with E-state index in [2.05, 4.69) is 5.48 Å². The number of nitrogens with one attached hydrogen (secondary N) is 1. The number of hydroxylamine groups is 1. The molecule has 3 rings (SSSR count). The van der Waals surface area contributed by atoms with Gasteiger partial charge in [0.2, 0.25) is 0 Å². The van der Waals surface area contributed by atoms with Crippen molar-refractivity contribution in [3.8, 4) is 11.1 Å². The minimum absolute atomic E-state index is 0.170. The number of benzene rings is 3. The molecule has 1 unspecified atom stereocenters. The number of amides is 1. The Morgan fingerprint density at radius 1 is 0.972 bits per heavy atom. The third-order valence-electron chi connectivity index (χ3n) is 5.28. The molecule has 0 saturated carbocycles. The molecule has 1 amide bonds. The van der Waals surface area contributed by atoms with Gasteiger partial charge in [0, 0.05) is 17.5 Å². The van der Waals surface area contributed by atoms with Crippen LogP contribution in [0.15, 0.2) is 78.9 Å². The summed E-state index contributed by atoms with van der Waals surface area (Å²) >= 11 is 6.11. The second-order valence-electron chi connectivity index (χ2n) is 9.58. The Morgan fingerprint density at radius 3 is 2.25 bits per heavy atom. The number of rotatable bonds is 10. The van der Waals surface area contributed by atoms with Crippen LogP contribution in [-0.4, -0.2) is 30.4 Å². The number of nitrogens with two attached hydrogens (primary N) is 1. The number of sulfonamides is 1. The molecular weight excluding hydrogens is 498 g/mol. The fourth-order valence-electron chi connectivity index (χ4n) is 3.51. The van der Waals surface area contributed by atoms with E-state index in [4.69, 9.17) is 22.3 Å². The van der Waals surface area contributed by atoms with Gasteiger partial charge in [0.1, 0.15) is 0 Å². The number of hydrogen-bond donors (Lipinski definition) is 2. The van der Waals surface area contributed by atoms with Crippen molar-refractivity contribution in [1.82, 2.24) is 9.89 Å². The van der Waals surface area contributed by atoms with Gasteiger partial charge in [-0.1, -0.05) is 78.3 Å². The van der Waals surface area contributed by atoms with Crippen LogP contribution in [0.5, 0.6) is 0 Å². The first-order valence-corrected chi connectivity index (χ1v) is 13.5. The number of hydrogen-bond acceptors (Lipinski definition) is 6. The molecule has 9 heteroatoms. The Morgan fingerprint density at radius 2 is 1.64 bits per heavy atom. The van der Waals surface area contributed by atoms with Crippen LogP contribution < -0.4 is 11.3 Å². The van der Waals surface area contributed by atoms with Crippen LogP contribution in [-0.2, 0) is 31.8 Å². The molecule has 0 spiro atoms. The topological polar surface area (TPSA) is 102 Å². The van der Waals surface area contributed by atoms with E-state index in [0.717, 1.165) is 16.7 Å². The van der Waals surface area contributed by atoms with E-state index in [1.165, 1.54) is 0 Å². The molecule has 0 aliphatic carbocycles. The Kier molecular flexibility index (Phi) is 9.27. The van der Waals surface area contributed by atoms with Crippen molar-refractivity contribution in [1.29, 1.82) is 0 Å². The summed E-state index contributed by atoms with van der Waals surface area (Å²) in [5.41, 5.74) is 5.92. The highest BCUT2D eigenvalue weighted by molar-refractivity contribution is 7.88. The average molecular weight is 530 g/mol. The van der Waals surface area contributed by atoms with E-state index in [0.29, 0.717) is 21.4 Å². The van der Waals surface area contributed by atoms with Crippen LogP contribution in [0, 0.1) is 0 Å². The van der Waals surface area contributed by atoms with Crippen molar-refractivity contribution in [3.63, 3.8) is 0 Å².